The molecule has 108 valence electrons. The highest BCUT2D eigenvalue weighted by molar-refractivity contribution is 6.30. The predicted octanol–water partition coefficient (Wildman–Crippen LogP) is 3.29. The number of carbonyl (C=O) groups is 1. The molecule has 0 bridgehead atoms. The minimum atomic E-state index is -0.228. The van der Waals surface area contributed by atoms with E-state index in [4.69, 9.17) is 21.1 Å². The second-order valence-electron chi connectivity index (χ2n) is 4.68. The molecule has 1 heterocycles. The molecule has 0 spiro atoms. The van der Waals surface area contributed by atoms with E-state index in [-0.39, 0.29) is 12.5 Å². The van der Waals surface area contributed by atoms with E-state index in [2.05, 4.69) is 5.32 Å². The number of halogens is 1. The molecule has 21 heavy (non-hydrogen) atoms. The van der Waals surface area contributed by atoms with Crippen molar-refractivity contribution in [2.45, 2.75) is 6.42 Å². The van der Waals surface area contributed by atoms with Crippen molar-refractivity contribution in [1.29, 1.82) is 0 Å². The largest absolute Gasteiger partial charge is 0.491 e. The van der Waals surface area contributed by atoms with Gasteiger partial charge in [0.05, 0.1) is 12.3 Å². The molecular formula is C16H14ClNO3. The number of para-hydroxylation sites is 1. The fourth-order valence-corrected chi connectivity index (χ4v) is 2.31. The van der Waals surface area contributed by atoms with Crippen LogP contribution in [0.1, 0.15) is 5.56 Å². The maximum atomic E-state index is 11.9. The number of amides is 1. The Morgan fingerprint density at radius 1 is 1.24 bits per heavy atom. The summed E-state index contributed by atoms with van der Waals surface area (Å²) in [6, 6.07) is 12.6. The molecular weight excluding hydrogens is 290 g/mol. The SMILES string of the molecule is O=C(COc1ccc(Cl)cc1)Nc1cccc2c1OCC2. The van der Waals surface area contributed by atoms with Gasteiger partial charge in [0.2, 0.25) is 0 Å². The number of anilines is 1. The predicted molar refractivity (Wildman–Crippen MR) is 81.2 cm³/mol. The van der Waals surface area contributed by atoms with Crippen molar-refractivity contribution in [2.75, 3.05) is 18.5 Å². The molecule has 0 aromatic heterocycles. The molecule has 1 amide bonds. The monoisotopic (exact) mass is 303 g/mol. The maximum Gasteiger partial charge on any atom is 0.262 e. The highest BCUT2D eigenvalue weighted by Gasteiger charge is 2.17. The van der Waals surface area contributed by atoms with Crippen LogP contribution in [-0.2, 0) is 11.2 Å². The van der Waals surface area contributed by atoms with Crippen LogP contribution in [0, 0.1) is 0 Å². The molecule has 0 fully saturated rings. The van der Waals surface area contributed by atoms with E-state index >= 15 is 0 Å². The minimum absolute atomic E-state index is 0.0642. The van der Waals surface area contributed by atoms with Crippen molar-refractivity contribution >= 4 is 23.2 Å². The summed E-state index contributed by atoms with van der Waals surface area (Å²) in [6.07, 6.45) is 0.875. The van der Waals surface area contributed by atoms with E-state index in [1.165, 1.54) is 0 Å². The number of ether oxygens (including phenoxy) is 2. The Morgan fingerprint density at radius 2 is 2.05 bits per heavy atom. The summed E-state index contributed by atoms with van der Waals surface area (Å²) >= 11 is 5.79. The smallest absolute Gasteiger partial charge is 0.262 e. The lowest BCUT2D eigenvalue weighted by Crippen LogP contribution is -2.20. The fraction of sp³-hybridized carbons (Fsp3) is 0.188. The Balaban J connectivity index is 1.60. The van der Waals surface area contributed by atoms with E-state index < -0.39 is 0 Å². The minimum Gasteiger partial charge on any atom is -0.491 e. The number of hydrogen-bond donors (Lipinski definition) is 1. The lowest BCUT2D eigenvalue weighted by Gasteiger charge is -2.10. The van der Waals surface area contributed by atoms with Crippen LogP contribution in [0.5, 0.6) is 11.5 Å². The van der Waals surface area contributed by atoms with Crippen LogP contribution >= 0.6 is 11.6 Å². The van der Waals surface area contributed by atoms with E-state index in [0.29, 0.717) is 23.1 Å². The molecule has 2 aromatic rings. The van der Waals surface area contributed by atoms with Gasteiger partial charge < -0.3 is 14.8 Å². The Morgan fingerprint density at radius 3 is 2.86 bits per heavy atom. The zero-order chi connectivity index (χ0) is 14.7. The molecule has 2 aromatic carbocycles. The van der Waals surface area contributed by atoms with Gasteiger partial charge >= 0.3 is 0 Å². The number of hydrogen-bond acceptors (Lipinski definition) is 3. The summed E-state index contributed by atoms with van der Waals surface area (Å²) in [6.45, 7) is 0.592. The molecule has 0 saturated carbocycles. The second-order valence-corrected chi connectivity index (χ2v) is 5.12. The van der Waals surface area contributed by atoms with Crippen molar-refractivity contribution in [3.8, 4) is 11.5 Å². The molecule has 1 N–H and O–H groups in total. The van der Waals surface area contributed by atoms with Gasteiger partial charge in [0.25, 0.3) is 5.91 Å². The summed E-state index contributed by atoms with van der Waals surface area (Å²) in [7, 11) is 0. The molecule has 0 saturated heterocycles. The van der Waals surface area contributed by atoms with Crippen LogP contribution in [0.3, 0.4) is 0 Å². The van der Waals surface area contributed by atoms with Crippen LogP contribution < -0.4 is 14.8 Å². The van der Waals surface area contributed by atoms with Gasteiger partial charge in [0, 0.05) is 11.4 Å². The van der Waals surface area contributed by atoms with Crippen LogP contribution in [-0.4, -0.2) is 19.1 Å². The van der Waals surface area contributed by atoms with Gasteiger partial charge in [-0.25, -0.2) is 0 Å². The Hall–Kier alpha value is -2.20. The molecule has 5 heteroatoms. The van der Waals surface area contributed by atoms with Gasteiger partial charge in [-0.2, -0.15) is 0 Å². The topological polar surface area (TPSA) is 47.6 Å². The Bertz CT molecular complexity index is 655. The molecule has 0 atom stereocenters. The molecule has 1 aliphatic rings. The average molecular weight is 304 g/mol. The molecule has 0 unspecified atom stereocenters. The second kappa shape index (κ2) is 6.06. The lowest BCUT2D eigenvalue weighted by molar-refractivity contribution is -0.118. The molecule has 0 radical (unpaired) electrons. The van der Waals surface area contributed by atoms with Crippen LogP contribution in [0.4, 0.5) is 5.69 Å². The quantitative estimate of drug-likeness (QED) is 0.943. The van der Waals surface area contributed by atoms with Crippen molar-refractivity contribution < 1.29 is 14.3 Å². The third-order valence-electron chi connectivity index (χ3n) is 3.17. The van der Waals surface area contributed by atoms with E-state index in [0.717, 1.165) is 17.7 Å². The fourth-order valence-electron chi connectivity index (χ4n) is 2.18. The van der Waals surface area contributed by atoms with E-state index in [1.54, 1.807) is 24.3 Å². The normalized spacial score (nSPS) is 12.4. The summed E-state index contributed by atoms with van der Waals surface area (Å²) in [5.74, 6) is 1.13. The Labute approximate surface area is 127 Å². The first-order valence-corrected chi connectivity index (χ1v) is 7.03. The summed E-state index contributed by atoms with van der Waals surface area (Å²) in [5.41, 5.74) is 1.81. The van der Waals surface area contributed by atoms with Gasteiger partial charge in [-0.3, -0.25) is 4.79 Å². The number of benzene rings is 2. The first-order valence-electron chi connectivity index (χ1n) is 6.65. The Kier molecular flexibility index (Phi) is 3.97. The average Bonchev–Trinajstić information content (AvgIpc) is 2.96. The van der Waals surface area contributed by atoms with Gasteiger partial charge in [-0.1, -0.05) is 23.7 Å². The van der Waals surface area contributed by atoms with Crippen LogP contribution in [0.15, 0.2) is 42.5 Å². The van der Waals surface area contributed by atoms with Crippen molar-refractivity contribution in [3.63, 3.8) is 0 Å². The maximum absolute atomic E-state index is 11.9. The molecule has 3 rings (SSSR count). The first-order chi connectivity index (χ1) is 10.2. The highest BCUT2D eigenvalue weighted by atomic mass is 35.5. The third-order valence-corrected chi connectivity index (χ3v) is 3.42. The van der Waals surface area contributed by atoms with Crippen molar-refractivity contribution in [1.82, 2.24) is 0 Å². The van der Waals surface area contributed by atoms with Gasteiger partial charge in [-0.05, 0) is 35.9 Å². The molecule has 0 aliphatic carbocycles. The van der Waals surface area contributed by atoms with E-state index in [1.807, 2.05) is 18.2 Å². The lowest BCUT2D eigenvalue weighted by atomic mass is 10.1. The van der Waals surface area contributed by atoms with Crippen LogP contribution in [0.25, 0.3) is 0 Å². The van der Waals surface area contributed by atoms with Gasteiger partial charge in [-0.15, -0.1) is 0 Å². The third kappa shape index (κ3) is 3.28. The summed E-state index contributed by atoms with van der Waals surface area (Å²) < 4.78 is 10.9. The summed E-state index contributed by atoms with van der Waals surface area (Å²) in [5, 5.41) is 3.44. The summed E-state index contributed by atoms with van der Waals surface area (Å²) in [4.78, 5) is 11.9. The number of rotatable bonds is 4. The number of fused-ring (bicyclic) bond motifs is 1. The van der Waals surface area contributed by atoms with Crippen molar-refractivity contribution in [2.24, 2.45) is 0 Å². The number of nitrogens with one attached hydrogen (secondary N) is 1. The zero-order valence-corrected chi connectivity index (χ0v) is 12.0. The van der Waals surface area contributed by atoms with E-state index in [9.17, 15) is 4.79 Å². The standard InChI is InChI=1S/C16H14ClNO3/c17-12-4-6-13(7-5-12)21-10-15(19)18-14-3-1-2-11-8-9-20-16(11)14/h1-7H,8-10H2,(H,18,19). The first kappa shape index (κ1) is 13.8. The zero-order valence-electron chi connectivity index (χ0n) is 11.3. The highest BCUT2D eigenvalue weighted by Crippen LogP contribution is 2.33. The van der Waals surface area contributed by atoms with Gasteiger partial charge in [0.15, 0.2) is 6.61 Å². The van der Waals surface area contributed by atoms with Crippen molar-refractivity contribution in [3.05, 3.63) is 53.1 Å². The van der Waals surface area contributed by atoms with Gasteiger partial charge in [0.1, 0.15) is 11.5 Å². The van der Waals surface area contributed by atoms with Crippen LogP contribution in [0.2, 0.25) is 5.02 Å². The molecule has 4 nitrogen and oxygen atoms in total. The number of carbonyl (C=O) groups excluding carboxylic acids is 1. The molecule has 1 aliphatic heterocycles.